The summed E-state index contributed by atoms with van der Waals surface area (Å²) in [6.45, 7) is 6.73. The first-order valence-electron chi connectivity index (χ1n) is 9.87. The Hall–Kier alpha value is -2.29. The molecule has 3 aliphatic rings. The zero-order valence-electron chi connectivity index (χ0n) is 16.6. The van der Waals surface area contributed by atoms with Gasteiger partial charge in [-0.25, -0.2) is 0 Å². The van der Waals surface area contributed by atoms with Crippen LogP contribution in [0.5, 0.6) is 0 Å². The average Bonchev–Trinajstić information content (AvgIpc) is 2.71. The Kier molecular flexibility index (Phi) is 3.88. The van der Waals surface area contributed by atoms with Crippen molar-refractivity contribution in [2.45, 2.75) is 32.1 Å². The van der Waals surface area contributed by atoms with Gasteiger partial charge in [0, 0.05) is 10.8 Å². The van der Waals surface area contributed by atoms with Crippen LogP contribution in [0.25, 0.3) is 0 Å². The lowest BCUT2D eigenvalue weighted by Gasteiger charge is -2.50. The molecular weight excluding hydrogens is 358 g/mol. The van der Waals surface area contributed by atoms with Crippen molar-refractivity contribution in [3.63, 3.8) is 0 Å². The summed E-state index contributed by atoms with van der Waals surface area (Å²) in [5.74, 6) is 0.308. The van der Waals surface area contributed by atoms with Crippen molar-refractivity contribution < 1.29 is 0 Å². The normalized spacial score (nSPS) is 22.4. The predicted octanol–water partition coefficient (Wildman–Crippen LogP) is 6.36. The van der Waals surface area contributed by atoms with Gasteiger partial charge in [0.05, 0.1) is 5.41 Å². The highest BCUT2D eigenvalue weighted by Crippen LogP contribution is 2.60. The lowest BCUT2D eigenvalue weighted by atomic mass is 9.52. The number of benzene rings is 3. The fourth-order valence-corrected chi connectivity index (χ4v) is 5.72. The van der Waals surface area contributed by atoms with Crippen molar-refractivity contribution in [3.8, 4) is 0 Å². The van der Waals surface area contributed by atoms with Crippen LogP contribution in [0.3, 0.4) is 0 Å². The Morgan fingerprint density at radius 3 is 1.54 bits per heavy atom. The van der Waals surface area contributed by atoms with Crippen molar-refractivity contribution in [2.75, 3.05) is 0 Å². The number of rotatable bonds is 2. The minimum atomic E-state index is -0.298. The molecule has 0 heterocycles. The maximum absolute atomic E-state index is 6.21. The van der Waals surface area contributed by atoms with Gasteiger partial charge in [-0.05, 0) is 38.8 Å². The molecule has 28 heavy (non-hydrogen) atoms. The molecule has 3 aromatic carbocycles. The maximum atomic E-state index is 6.21. The molecule has 3 aliphatic carbocycles. The molecule has 2 N–H and O–H groups in total. The van der Waals surface area contributed by atoms with Gasteiger partial charge in [0.2, 0.25) is 0 Å². The predicted molar refractivity (Wildman–Crippen MR) is 119 cm³/mol. The van der Waals surface area contributed by atoms with Gasteiger partial charge in [0.15, 0.2) is 0 Å². The smallest absolute Gasteiger partial charge is 0.0652 e. The van der Waals surface area contributed by atoms with Crippen molar-refractivity contribution in [3.05, 3.63) is 117 Å². The van der Waals surface area contributed by atoms with Gasteiger partial charge in [-0.15, -0.1) is 0 Å². The van der Waals surface area contributed by atoms with E-state index in [1.807, 2.05) is 0 Å². The molecule has 0 fully saturated rings. The van der Waals surface area contributed by atoms with Crippen molar-refractivity contribution in [1.29, 1.82) is 0 Å². The Morgan fingerprint density at radius 1 is 0.786 bits per heavy atom. The molecule has 3 aromatic rings. The van der Waals surface area contributed by atoms with Crippen LogP contribution in [0, 0.1) is 5.41 Å². The molecule has 0 amide bonds. The molecule has 1 nitrogen and oxygen atoms in total. The summed E-state index contributed by atoms with van der Waals surface area (Å²) in [6, 6.07) is 26.9. The van der Waals surface area contributed by atoms with Crippen molar-refractivity contribution in [1.82, 2.24) is 0 Å². The van der Waals surface area contributed by atoms with Gasteiger partial charge < -0.3 is 0 Å². The molecule has 0 saturated heterocycles. The summed E-state index contributed by atoms with van der Waals surface area (Å²) >= 11 is 1.39. The van der Waals surface area contributed by atoms with Crippen molar-refractivity contribution in [2.24, 2.45) is 10.6 Å². The van der Waals surface area contributed by atoms with Gasteiger partial charge in [-0.3, -0.25) is 5.14 Å². The molecule has 0 unspecified atom stereocenters. The van der Waals surface area contributed by atoms with Crippen LogP contribution in [0.2, 0.25) is 0 Å². The summed E-state index contributed by atoms with van der Waals surface area (Å²) in [5.41, 5.74) is 8.15. The molecular formula is C26H25NS. The second-order valence-corrected chi connectivity index (χ2v) is 9.55. The Morgan fingerprint density at radius 2 is 1.18 bits per heavy atom. The first-order valence-corrected chi connectivity index (χ1v) is 10.7. The van der Waals surface area contributed by atoms with Crippen LogP contribution in [-0.2, 0) is 5.41 Å². The molecule has 0 spiro atoms. The molecule has 140 valence electrons. The zero-order valence-corrected chi connectivity index (χ0v) is 17.4. The number of hydrogen-bond acceptors (Lipinski definition) is 2. The lowest BCUT2D eigenvalue weighted by Crippen LogP contribution is -2.41. The molecule has 0 aromatic heterocycles. The van der Waals surface area contributed by atoms with E-state index in [9.17, 15) is 0 Å². The zero-order chi connectivity index (χ0) is 19.5. The molecule has 0 aliphatic heterocycles. The first-order chi connectivity index (χ1) is 13.5. The number of nitrogens with two attached hydrogens (primary N) is 1. The number of allylic oxidation sites excluding steroid dienone is 2. The van der Waals surface area contributed by atoms with Gasteiger partial charge in [0.1, 0.15) is 0 Å². The average molecular weight is 384 g/mol. The Labute approximate surface area is 171 Å². The minimum absolute atomic E-state index is 0.0126. The Bertz CT molecular complexity index is 987. The summed E-state index contributed by atoms with van der Waals surface area (Å²) in [4.78, 5) is 1.22. The van der Waals surface area contributed by atoms with E-state index in [0.29, 0.717) is 5.92 Å². The summed E-state index contributed by atoms with van der Waals surface area (Å²) < 4.78 is 0. The highest BCUT2D eigenvalue weighted by Gasteiger charge is 2.50. The molecule has 6 rings (SSSR count). The molecule has 2 bridgehead atoms. The fourth-order valence-electron chi connectivity index (χ4n) is 5.12. The van der Waals surface area contributed by atoms with E-state index >= 15 is 0 Å². The highest BCUT2D eigenvalue weighted by atomic mass is 32.2. The van der Waals surface area contributed by atoms with E-state index in [-0.39, 0.29) is 10.8 Å². The second-order valence-electron chi connectivity index (χ2n) is 8.88. The van der Waals surface area contributed by atoms with Crippen LogP contribution in [0.1, 0.15) is 60.1 Å². The standard InChI is InChI=1S/C26H25NS/c1-25(2,3)23(28-27)16-26-20-13-7-4-10-17(20)24(18-11-5-8-14-21(18)26)19-12-6-9-15-22(19)26/h4-16,24H,27H2,1-3H3/b23-16-. The van der Waals surface area contributed by atoms with Crippen LogP contribution in [0.15, 0.2) is 83.8 Å². The second kappa shape index (κ2) is 6.10. The largest absolute Gasteiger partial charge is 0.274 e. The monoisotopic (exact) mass is 383 g/mol. The van der Waals surface area contributed by atoms with Gasteiger partial charge >= 0.3 is 0 Å². The first kappa shape index (κ1) is 17.8. The van der Waals surface area contributed by atoms with Gasteiger partial charge in [-0.2, -0.15) is 0 Å². The third-order valence-corrected chi connectivity index (χ3v) is 7.29. The molecule has 2 heteroatoms. The lowest BCUT2D eigenvalue weighted by molar-refractivity contribution is 0.523. The molecule has 0 saturated carbocycles. The Balaban J connectivity index is 1.96. The van der Waals surface area contributed by atoms with E-state index in [0.717, 1.165) is 0 Å². The van der Waals surface area contributed by atoms with E-state index in [2.05, 4.69) is 99.6 Å². The van der Waals surface area contributed by atoms with E-state index in [4.69, 9.17) is 5.14 Å². The summed E-state index contributed by atoms with van der Waals surface area (Å²) in [5, 5.41) is 6.21. The van der Waals surface area contributed by atoms with Crippen LogP contribution in [0.4, 0.5) is 0 Å². The molecule has 0 atom stereocenters. The van der Waals surface area contributed by atoms with E-state index in [1.54, 1.807) is 0 Å². The van der Waals surface area contributed by atoms with Gasteiger partial charge in [-0.1, -0.05) is 112 Å². The van der Waals surface area contributed by atoms with Crippen molar-refractivity contribution >= 4 is 11.9 Å². The SMILES string of the molecule is CC(C)(C)/C(=C/C12c3ccccc3C(c3ccccc31)c1ccccc12)SN. The summed E-state index contributed by atoms with van der Waals surface area (Å²) in [7, 11) is 0. The van der Waals surface area contributed by atoms with Crippen LogP contribution in [-0.4, -0.2) is 0 Å². The summed E-state index contributed by atoms with van der Waals surface area (Å²) in [6.07, 6.45) is 2.45. The third-order valence-electron chi connectivity index (χ3n) is 6.30. The van der Waals surface area contributed by atoms with Crippen LogP contribution < -0.4 is 5.14 Å². The molecule has 0 radical (unpaired) electrons. The topological polar surface area (TPSA) is 26.0 Å². The maximum Gasteiger partial charge on any atom is 0.0652 e. The third kappa shape index (κ3) is 2.25. The van der Waals surface area contributed by atoms with Crippen LogP contribution >= 0.6 is 11.9 Å². The highest BCUT2D eigenvalue weighted by molar-refractivity contribution is 8.01. The fraction of sp³-hybridized carbons (Fsp3) is 0.231. The minimum Gasteiger partial charge on any atom is -0.274 e. The van der Waals surface area contributed by atoms with Gasteiger partial charge in [0.25, 0.3) is 0 Å². The van der Waals surface area contributed by atoms with E-state index in [1.165, 1.54) is 50.2 Å². The quantitative estimate of drug-likeness (QED) is 0.521. The van der Waals surface area contributed by atoms with E-state index < -0.39 is 0 Å². The number of hydrogen-bond donors (Lipinski definition) is 1.